The van der Waals surface area contributed by atoms with Crippen molar-refractivity contribution in [3.63, 3.8) is 0 Å². The van der Waals surface area contributed by atoms with Gasteiger partial charge in [0.05, 0.1) is 13.2 Å². The number of methoxy groups -OCH3 is 1. The smallest absolute Gasteiger partial charge is 0.338 e. The number of hydrogen-bond donors (Lipinski definition) is 0. The van der Waals surface area contributed by atoms with Gasteiger partial charge in [0.15, 0.2) is 0 Å². The van der Waals surface area contributed by atoms with Crippen LogP contribution in [-0.4, -0.2) is 13.1 Å². The molecule has 0 heterocycles. The van der Waals surface area contributed by atoms with Crippen molar-refractivity contribution in [2.45, 2.75) is 13.3 Å². The first kappa shape index (κ1) is 11.3. The molecular formula is C13H14O2. The van der Waals surface area contributed by atoms with Crippen LogP contribution in [0.5, 0.6) is 0 Å². The molecule has 0 radical (unpaired) electrons. The Balaban J connectivity index is 2.99. The van der Waals surface area contributed by atoms with Crippen LogP contribution in [0.25, 0.3) is 5.57 Å². The van der Waals surface area contributed by atoms with Gasteiger partial charge in [-0.15, -0.1) is 5.73 Å². The molecule has 0 N–H and O–H groups in total. The van der Waals surface area contributed by atoms with E-state index in [1.807, 2.05) is 37.3 Å². The molecule has 1 aromatic carbocycles. The Labute approximate surface area is 89.9 Å². The molecule has 0 atom stereocenters. The molecule has 0 unspecified atom stereocenters. The number of benzene rings is 1. The van der Waals surface area contributed by atoms with Gasteiger partial charge in [0.25, 0.3) is 0 Å². The van der Waals surface area contributed by atoms with Crippen molar-refractivity contribution >= 4 is 11.5 Å². The zero-order valence-corrected chi connectivity index (χ0v) is 8.99. The first-order chi connectivity index (χ1) is 7.27. The van der Waals surface area contributed by atoms with E-state index in [1.165, 1.54) is 13.2 Å². The SMILES string of the molecule is CCC(=C=CC(=O)OC)c1ccccc1. The van der Waals surface area contributed by atoms with E-state index in [2.05, 4.69) is 10.5 Å². The summed E-state index contributed by atoms with van der Waals surface area (Å²) in [7, 11) is 1.36. The van der Waals surface area contributed by atoms with Crippen molar-refractivity contribution < 1.29 is 9.53 Å². The standard InChI is InChI=1S/C13H14O2/c1-3-11(9-10-13(14)15-2)12-7-5-4-6-8-12/h4-8,10H,3H2,1-2H3. The van der Waals surface area contributed by atoms with Crippen LogP contribution >= 0.6 is 0 Å². The number of rotatable bonds is 3. The van der Waals surface area contributed by atoms with Gasteiger partial charge in [0, 0.05) is 5.57 Å². The molecule has 78 valence electrons. The zero-order chi connectivity index (χ0) is 11.1. The van der Waals surface area contributed by atoms with Crippen molar-refractivity contribution in [3.8, 4) is 0 Å². The van der Waals surface area contributed by atoms with Crippen LogP contribution in [0.1, 0.15) is 18.9 Å². The number of hydrogen-bond acceptors (Lipinski definition) is 2. The average molecular weight is 202 g/mol. The number of carbonyl (C=O) groups is 1. The molecule has 0 aliphatic rings. The summed E-state index contributed by atoms with van der Waals surface area (Å²) >= 11 is 0. The molecular weight excluding hydrogens is 188 g/mol. The molecule has 0 amide bonds. The van der Waals surface area contributed by atoms with Crippen molar-refractivity contribution in [3.05, 3.63) is 47.7 Å². The van der Waals surface area contributed by atoms with Gasteiger partial charge in [-0.05, 0) is 12.0 Å². The molecule has 2 heteroatoms. The summed E-state index contributed by atoms with van der Waals surface area (Å²) < 4.78 is 4.51. The number of ether oxygens (including phenoxy) is 1. The molecule has 0 aromatic heterocycles. The van der Waals surface area contributed by atoms with Crippen molar-refractivity contribution in [1.29, 1.82) is 0 Å². The second kappa shape index (κ2) is 5.84. The van der Waals surface area contributed by atoms with Gasteiger partial charge in [-0.1, -0.05) is 37.3 Å². The largest absolute Gasteiger partial charge is 0.465 e. The summed E-state index contributed by atoms with van der Waals surface area (Å²) in [5, 5.41) is 0. The first-order valence-electron chi connectivity index (χ1n) is 4.87. The monoisotopic (exact) mass is 202 g/mol. The lowest BCUT2D eigenvalue weighted by atomic mass is 10.0. The third kappa shape index (κ3) is 3.45. The lowest BCUT2D eigenvalue weighted by Crippen LogP contribution is -1.92. The third-order valence-corrected chi connectivity index (χ3v) is 2.04. The van der Waals surface area contributed by atoms with Crippen molar-refractivity contribution in [2.24, 2.45) is 0 Å². The van der Waals surface area contributed by atoms with Gasteiger partial charge in [0.2, 0.25) is 0 Å². The molecule has 0 spiro atoms. The number of esters is 1. The second-order valence-corrected chi connectivity index (χ2v) is 3.01. The average Bonchev–Trinajstić information content (AvgIpc) is 2.31. The minimum atomic E-state index is -0.378. The van der Waals surface area contributed by atoms with E-state index in [4.69, 9.17) is 0 Å². The predicted molar refractivity (Wildman–Crippen MR) is 60.2 cm³/mol. The van der Waals surface area contributed by atoms with Crippen molar-refractivity contribution in [2.75, 3.05) is 7.11 Å². The fraction of sp³-hybridized carbons (Fsp3) is 0.231. The molecule has 1 rings (SSSR count). The molecule has 15 heavy (non-hydrogen) atoms. The van der Waals surface area contributed by atoms with Gasteiger partial charge in [-0.2, -0.15) is 0 Å². The van der Waals surface area contributed by atoms with Crippen LogP contribution in [0, 0.1) is 0 Å². The van der Waals surface area contributed by atoms with Crippen LogP contribution in [0.2, 0.25) is 0 Å². The molecule has 0 aliphatic carbocycles. The highest BCUT2D eigenvalue weighted by Gasteiger charge is 1.96. The maximum absolute atomic E-state index is 10.9. The Morgan fingerprint density at radius 1 is 1.40 bits per heavy atom. The minimum Gasteiger partial charge on any atom is -0.465 e. The summed E-state index contributed by atoms with van der Waals surface area (Å²) in [6, 6.07) is 9.88. The summed E-state index contributed by atoms with van der Waals surface area (Å²) in [4.78, 5) is 10.9. The van der Waals surface area contributed by atoms with Gasteiger partial charge in [-0.25, -0.2) is 4.79 Å². The lowest BCUT2D eigenvalue weighted by Gasteiger charge is -2.00. The summed E-state index contributed by atoms with van der Waals surface area (Å²) in [5.74, 6) is -0.378. The quantitative estimate of drug-likeness (QED) is 0.428. The molecule has 0 saturated carbocycles. The van der Waals surface area contributed by atoms with Crippen molar-refractivity contribution in [1.82, 2.24) is 0 Å². The van der Waals surface area contributed by atoms with E-state index in [9.17, 15) is 4.79 Å². The lowest BCUT2D eigenvalue weighted by molar-refractivity contribution is -0.134. The fourth-order valence-electron chi connectivity index (χ4n) is 1.23. The van der Waals surface area contributed by atoms with Crippen LogP contribution in [0.4, 0.5) is 0 Å². The first-order valence-corrected chi connectivity index (χ1v) is 4.87. The van der Waals surface area contributed by atoms with Gasteiger partial charge < -0.3 is 4.74 Å². The van der Waals surface area contributed by atoms with E-state index < -0.39 is 0 Å². The van der Waals surface area contributed by atoms with E-state index in [-0.39, 0.29) is 5.97 Å². The van der Waals surface area contributed by atoms with Crippen LogP contribution < -0.4 is 0 Å². The number of carbonyl (C=O) groups excluding carboxylic acids is 1. The Bertz CT molecular complexity index is 384. The Morgan fingerprint density at radius 3 is 2.60 bits per heavy atom. The predicted octanol–water partition coefficient (Wildman–Crippen LogP) is 2.81. The Hall–Kier alpha value is -1.79. The molecule has 2 nitrogen and oxygen atoms in total. The maximum atomic E-state index is 10.9. The van der Waals surface area contributed by atoms with Crippen LogP contribution in [0.3, 0.4) is 0 Å². The van der Waals surface area contributed by atoms with E-state index >= 15 is 0 Å². The summed E-state index contributed by atoms with van der Waals surface area (Å²) in [6.45, 7) is 2.03. The zero-order valence-electron chi connectivity index (χ0n) is 8.99. The van der Waals surface area contributed by atoms with E-state index in [1.54, 1.807) is 0 Å². The van der Waals surface area contributed by atoms with E-state index in [0.29, 0.717) is 0 Å². The molecule has 0 bridgehead atoms. The maximum Gasteiger partial charge on any atom is 0.338 e. The topological polar surface area (TPSA) is 26.3 Å². The molecule has 0 aliphatic heterocycles. The second-order valence-electron chi connectivity index (χ2n) is 3.01. The third-order valence-electron chi connectivity index (χ3n) is 2.04. The van der Waals surface area contributed by atoms with Crippen LogP contribution in [0.15, 0.2) is 42.1 Å². The summed E-state index contributed by atoms with van der Waals surface area (Å²) in [6.07, 6.45) is 2.16. The highest BCUT2D eigenvalue weighted by atomic mass is 16.5. The minimum absolute atomic E-state index is 0.378. The Morgan fingerprint density at radius 2 is 2.07 bits per heavy atom. The molecule has 1 aromatic rings. The highest BCUT2D eigenvalue weighted by molar-refractivity contribution is 5.83. The molecule has 0 fully saturated rings. The van der Waals surface area contributed by atoms with Crippen LogP contribution in [-0.2, 0) is 9.53 Å². The highest BCUT2D eigenvalue weighted by Crippen LogP contribution is 2.15. The normalized spacial score (nSPS) is 8.93. The Kier molecular flexibility index (Phi) is 4.39. The van der Waals surface area contributed by atoms with E-state index in [0.717, 1.165) is 17.6 Å². The fourth-order valence-corrected chi connectivity index (χ4v) is 1.23. The van der Waals surface area contributed by atoms with Gasteiger partial charge in [0.1, 0.15) is 0 Å². The van der Waals surface area contributed by atoms with Gasteiger partial charge in [-0.3, -0.25) is 0 Å². The molecule has 0 saturated heterocycles. The summed E-state index contributed by atoms with van der Waals surface area (Å²) in [5.41, 5.74) is 5.04. The van der Waals surface area contributed by atoms with Gasteiger partial charge >= 0.3 is 5.97 Å².